The topological polar surface area (TPSA) is 89.8 Å². The Morgan fingerprint density at radius 3 is 2.62 bits per heavy atom. The Hall–Kier alpha value is -2.00. The summed E-state index contributed by atoms with van der Waals surface area (Å²) in [5, 5.41) is -0.0721. The van der Waals surface area contributed by atoms with Crippen molar-refractivity contribution < 1.29 is 23.6 Å². The van der Waals surface area contributed by atoms with E-state index in [1.54, 1.807) is 43.7 Å². The Bertz CT molecular complexity index is 1110. The molecule has 2 heterocycles. The average molecular weight is 480 g/mol. The van der Waals surface area contributed by atoms with Crippen molar-refractivity contribution in [1.29, 1.82) is 0 Å². The second kappa shape index (κ2) is 9.09. The van der Waals surface area contributed by atoms with Crippen molar-refractivity contribution in [2.45, 2.75) is 55.9 Å². The van der Waals surface area contributed by atoms with Gasteiger partial charge in [0.25, 0.3) is 5.56 Å². The van der Waals surface area contributed by atoms with E-state index in [0.29, 0.717) is 45.7 Å². The largest absolute Gasteiger partial charge is 0.611 e. The predicted octanol–water partition coefficient (Wildman–Crippen LogP) is 4.28. The fourth-order valence-electron chi connectivity index (χ4n) is 3.89. The molecular formula is C23H26ClNO6S. The highest BCUT2D eigenvalue weighted by Gasteiger charge is 2.41. The molecule has 7 nitrogen and oxygen atoms in total. The number of ether oxygens (including phenoxy) is 3. The van der Waals surface area contributed by atoms with E-state index in [1.165, 1.54) is 0 Å². The normalized spacial score (nSPS) is 19.5. The van der Waals surface area contributed by atoms with Crippen LogP contribution in [-0.2, 0) is 20.6 Å². The molecule has 172 valence electrons. The molecule has 2 unspecified atom stereocenters. The summed E-state index contributed by atoms with van der Waals surface area (Å²) in [4.78, 5) is 26.6. The van der Waals surface area contributed by atoms with Gasteiger partial charge in [0.2, 0.25) is 0 Å². The lowest BCUT2D eigenvalue weighted by atomic mass is 9.99. The van der Waals surface area contributed by atoms with Crippen molar-refractivity contribution in [3.63, 3.8) is 0 Å². The van der Waals surface area contributed by atoms with Gasteiger partial charge in [0.15, 0.2) is 4.90 Å². The van der Waals surface area contributed by atoms with E-state index in [2.05, 4.69) is 0 Å². The molecule has 2 aromatic rings. The molecule has 1 saturated carbocycles. The van der Waals surface area contributed by atoms with E-state index < -0.39 is 22.4 Å². The van der Waals surface area contributed by atoms with Gasteiger partial charge >= 0.3 is 5.97 Å². The van der Waals surface area contributed by atoms with Crippen LogP contribution in [0.25, 0.3) is 11.3 Å². The highest BCUT2D eigenvalue weighted by molar-refractivity contribution is 7.91. The van der Waals surface area contributed by atoms with E-state index in [1.807, 2.05) is 6.92 Å². The van der Waals surface area contributed by atoms with Gasteiger partial charge in [-0.15, -0.1) is 0 Å². The number of methoxy groups -OCH3 is 1. The first kappa shape index (κ1) is 23.2. The number of halogens is 1. The summed E-state index contributed by atoms with van der Waals surface area (Å²) in [5.41, 5.74) is 1.57. The first-order valence-corrected chi connectivity index (χ1v) is 12.2. The molecule has 0 amide bonds. The van der Waals surface area contributed by atoms with Crippen molar-refractivity contribution in [2.24, 2.45) is 0 Å². The second-order valence-electron chi connectivity index (χ2n) is 8.28. The highest BCUT2D eigenvalue weighted by Crippen LogP contribution is 2.49. The van der Waals surface area contributed by atoms with E-state index in [0.717, 1.165) is 12.8 Å². The molecule has 32 heavy (non-hydrogen) atoms. The Morgan fingerprint density at radius 2 is 2.00 bits per heavy atom. The summed E-state index contributed by atoms with van der Waals surface area (Å²) >= 11 is 5.07. The summed E-state index contributed by atoms with van der Waals surface area (Å²) in [5.74, 6) is -0.241. The third kappa shape index (κ3) is 4.17. The Kier molecular flexibility index (Phi) is 6.58. The summed E-state index contributed by atoms with van der Waals surface area (Å²) in [6.07, 6.45) is 1.33. The third-order valence-corrected chi connectivity index (χ3v) is 7.51. The monoisotopic (exact) mass is 479 g/mol. The lowest BCUT2D eigenvalue weighted by Gasteiger charge is -2.30. The highest BCUT2D eigenvalue weighted by atomic mass is 35.5. The second-order valence-corrected chi connectivity index (χ2v) is 10.4. The van der Waals surface area contributed by atoms with E-state index in [4.69, 9.17) is 25.8 Å². The van der Waals surface area contributed by atoms with Gasteiger partial charge in [0, 0.05) is 24.8 Å². The molecule has 1 aliphatic carbocycles. The maximum atomic E-state index is 13.4. The van der Waals surface area contributed by atoms with Crippen LogP contribution in [0.15, 0.2) is 27.9 Å². The standard InChI is InChI=1S/C23H26ClNO6S/c1-12(2)31-23(27)17-9-15-13(3)32(28)20-11-19(30-8-7-29-4)18(24)10-16(20)21(15)25(22(17)26)14-5-6-14/h9-14H,5-8H2,1-4H3. The number of benzene rings is 1. The van der Waals surface area contributed by atoms with Crippen molar-refractivity contribution in [2.75, 3.05) is 20.3 Å². The Morgan fingerprint density at radius 1 is 1.28 bits per heavy atom. The molecule has 4 rings (SSSR count). The number of aromatic nitrogens is 1. The molecule has 2 aliphatic rings. The van der Waals surface area contributed by atoms with Crippen molar-refractivity contribution in [3.05, 3.63) is 44.7 Å². The van der Waals surface area contributed by atoms with Crippen LogP contribution in [0.5, 0.6) is 5.75 Å². The van der Waals surface area contributed by atoms with E-state index in [-0.39, 0.29) is 23.3 Å². The van der Waals surface area contributed by atoms with Crippen LogP contribution in [0.1, 0.15) is 60.8 Å². The minimum atomic E-state index is -1.42. The molecule has 1 aromatic carbocycles. The minimum absolute atomic E-state index is 0.00830. The van der Waals surface area contributed by atoms with Gasteiger partial charge in [0.1, 0.15) is 23.2 Å². The number of rotatable bonds is 7. The van der Waals surface area contributed by atoms with Crippen molar-refractivity contribution in [1.82, 2.24) is 4.57 Å². The maximum Gasteiger partial charge on any atom is 0.344 e. The molecule has 1 fully saturated rings. The van der Waals surface area contributed by atoms with Crippen LogP contribution in [0, 0.1) is 0 Å². The van der Waals surface area contributed by atoms with Crippen molar-refractivity contribution >= 4 is 28.7 Å². The molecular weight excluding hydrogens is 454 g/mol. The summed E-state index contributed by atoms with van der Waals surface area (Å²) < 4.78 is 31.1. The smallest absolute Gasteiger partial charge is 0.344 e. The van der Waals surface area contributed by atoms with Crippen LogP contribution in [0.3, 0.4) is 0 Å². The molecule has 9 heteroatoms. The SMILES string of the molecule is COCCOc1cc2c(cc1Cl)-c1c(cc(C(=O)OC(C)C)c(=O)n1C1CC1)C(C)[S+]2[O-]. The van der Waals surface area contributed by atoms with Gasteiger partial charge < -0.3 is 23.3 Å². The number of esters is 1. The summed E-state index contributed by atoms with van der Waals surface area (Å²) in [6.45, 7) is 6.00. The van der Waals surface area contributed by atoms with Crippen LogP contribution in [0.4, 0.5) is 0 Å². The zero-order valence-corrected chi connectivity index (χ0v) is 20.0. The zero-order chi connectivity index (χ0) is 23.2. The van der Waals surface area contributed by atoms with Crippen molar-refractivity contribution in [3.8, 4) is 17.0 Å². The molecule has 1 aliphatic heterocycles. The van der Waals surface area contributed by atoms with Crippen LogP contribution in [0.2, 0.25) is 5.02 Å². The van der Waals surface area contributed by atoms with Gasteiger partial charge in [-0.05, 0) is 56.9 Å². The van der Waals surface area contributed by atoms with Crippen LogP contribution < -0.4 is 10.3 Å². The van der Waals surface area contributed by atoms with Gasteiger partial charge in [-0.2, -0.15) is 0 Å². The fraction of sp³-hybridized carbons (Fsp3) is 0.478. The lowest BCUT2D eigenvalue weighted by molar-refractivity contribution is 0.0375. The first-order valence-electron chi connectivity index (χ1n) is 10.6. The fourth-order valence-corrected chi connectivity index (χ4v) is 5.50. The zero-order valence-electron chi connectivity index (χ0n) is 18.5. The lowest BCUT2D eigenvalue weighted by Crippen LogP contribution is -2.33. The van der Waals surface area contributed by atoms with Crippen LogP contribution >= 0.6 is 11.6 Å². The number of pyridine rings is 1. The summed E-state index contributed by atoms with van der Waals surface area (Å²) in [6, 6.07) is 4.92. The Balaban J connectivity index is 1.90. The first-order chi connectivity index (χ1) is 15.2. The molecule has 0 N–H and O–H groups in total. The van der Waals surface area contributed by atoms with Gasteiger partial charge in [-0.1, -0.05) is 11.6 Å². The quantitative estimate of drug-likeness (QED) is 0.334. The number of hydrogen-bond donors (Lipinski definition) is 0. The van der Waals surface area contributed by atoms with E-state index in [9.17, 15) is 14.1 Å². The molecule has 0 radical (unpaired) electrons. The number of carbonyl (C=O) groups is 1. The van der Waals surface area contributed by atoms with Crippen LogP contribution in [-0.4, -0.2) is 41.5 Å². The minimum Gasteiger partial charge on any atom is -0.611 e. The Labute approximate surface area is 194 Å². The predicted molar refractivity (Wildman–Crippen MR) is 122 cm³/mol. The van der Waals surface area contributed by atoms with Gasteiger partial charge in [-0.3, -0.25) is 4.79 Å². The molecule has 0 bridgehead atoms. The molecule has 0 saturated heterocycles. The number of nitrogens with zero attached hydrogens (tertiary/aromatic N) is 1. The molecule has 0 spiro atoms. The molecule has 1 aromatic heterocycles. The van der Waals surface area contributed by atoms with Gasteiger partial charge in [0.05, 0.1) is 29.0 Å². The van der Waals surface area contributed by atoms with Gasteiger partial charge in [-0.25, -0.2) is 4.79 Å². The van der Waals surface area contributed by atoms with E-state index >= 15 is 0 Å². The number of hydrogen-bond acceptors (Lipinski definition) is 6. The maximum absolute atomic E-state index is 13.4. The average Bonchev–Trinajstić information content (AvgIpc) is 3.57. The number of carbonyl (C=O) groups excluding carboxylic acids is 1. The third-order valence-electron chi connectivity index (χ3n) is 5.55. The number of fused-ring (bicyclic) bond motifs is 3. The molecule has 2 atom stereocenters. The summed E-state index contributed by atoms with van der Waals surface area (Å²) in [7, 11) is 1.58.